The third kappa shape index (κ3) is 8.28. The first-order valence-corrected chi connectivity index (χ1v) is 12.6. The van der Waals surface area contributed by atoms with Crippen LogP contribution < -0.4 is 10.1 Å². The van der Waals surface area contributed by atoms with Gasteiger partial charge in [-0.05, 0) is 70.1 Å². The number of carboxylic acid groups (broad SMARTS) is 1. The molecule has 0 bridgehead atoms. The standard InChI is InChI=1S/C28H38N2O5/c1-20(2)35-26-13-7-6-12-24(26)29-23-16-14-22(15-17-25(23)31)28(34)30(19-27(32)33)18-8-11-21-9-4-3-5-10-21/h3-7,9-10,12-13,20,22-23,25,29,31H,8,11,14-19H2,1-2H3,(H,32,33)/t22-,23+,25+/m1/s1. The van der Waals surface area contributed by atoms with Gasteiger partial charge in [0.15, 0.2) is 0 Å². The van der Waals surface area contributed by atoms with Crippen LogP contribution in [0.25, 0.3) is 0 Å². The first-order chi connectivity index (χ1) is 16.8. The van der Waals surface area contributed by atoms with E-state index in [1.54, 1.807) is 0 Å². The largest absolute Gasteiger partial charge is 0.489 e. The van der Waals surface area contributed by atoms with E-state index in [9.17, 15) is 19.8 Å². The van der Waals surface area contributed by atoms with Crippen molar-refractivity contribution in [3.05, 3.63) is 60.2 Å². The van der Waals surface area contributed by atoms with Gasteiger partial charge in [-0.2, -0.15) is 0 Å². The van der Waals surface area contributed by atoms with Gasteiger partial charge in [0.2, 0.25) is 5.91 Å². The molecule has 2 aromatic rings. The first-order valence-electron chi connectivity index (χ1n) is 12.6. The maximum atomic E-state index is 13.3. The molecule has 3 rings (SSSR count). The zero-order chi connectivity index (χ0) is 25.2. The zero-order valence-corrected chi connectivity index (χ0v) is 20.7. The molecule has 190 valence electrons. The van der Waals surface area contributed by atoms with E-state index in [-0.39, 0.29) is 30.5 Å². The van der Waals surface area contributed by atoms with Gasteiger partial charge in [0, 0.05) is 12.5 Å². The highest BCUT2D eigenvalue weighted by Crippen LogP contribution is 2.31. The van der Waals surface area contributed by atoms with E-state index in [0.29, 0.717) is 38.6 Å². The number of aliphatic hydroxyl groups is 1. The summed E-state index contributed by atoms with van der Waals surface area (Å²) in [5, 5.41) is 23.6. The number of carbonyl (C=O) groups excluding carboxylic acids is 1. The summed E-state index contributed by atoms with van der Waals surface area (Å²) < 4.78 is 5.89. The van der Waals surface area contributed by atoms with Crippen LogP contribution in [0.3, 0.4) is 0 Å². The van der Waals surface area contributed by atoms with Crippen molar-refractivity contribution in [1.82, 2.24) is 4.90 Å². The monoisotopic (exact) mass is 482 g/mol. The molecule has 0 heterocycles. The number of aliphatic carboxylic acids is 1. The van der Waals surface area contributed by atoms with Gasteiger partial charge >= 0.3 is 5.97 Å². The molecule has 7 nitrogen and oxygen atoms in total. The van der Waals surface area contributed by atoms with Crippen LogP contribution in [0.4, 0.5) is 5.69 Å². The molecule has 0 radical (unpaired) electrons. The van der Waals surface area contributed by atoms with Crippen molar-refractivity contribution in [1.29, 1.82) is 0 Å². The number of ether oxygens (including phenoxy) is 1. The number of hydrogen-bond donors (Lipinski definition) is 3. The van der Waals surface area contributed by atoms with Crippen LogP contribution in [-0.4, -0.2) is 58.3 Å². The lowest BCUT2D eigenvalue weighted by Crippen LogP contribution is -2.40. The van der Waals surface area contributed by atoms with Crippen molar-refractivity contribution in [2.24, 2.45) is 5.92 Å². The van der Waals surface area contributed by atoms with Crippen molar-refractivity contribution in [2.75, 3.05) is 18.4 Å². The van der Waals surface area contributed by atoms with E-state index in [2.05, 4.69) is 5.32 Å². The van der Waals surface area contributed by atoms with E-state index >= 15 is 0 Å². The Balaban J connectivity index is 1.61. The highest BCUT2D eigenvalue weighted by atomic mass is 16.5. The fraction of sp³-hybridized carbons (Fsp3) is 0.500. The molecular formula is C28H38N2O5. The number of hydrogen-bond acceptors (Lipinski definition) is 5. The van der Waals surface area contributed by atoms with Crippen molar-refractivity contribution in [3.63, 3.8) is 0 Å². The molecule has 35 heavy (non-hydrogen) atoms. The van der Waals surface area contributed by atoms with Gasteiger partial charge in [0.05, 0.1) is 23.9 Å². The summed E-state index contributed by atoms with van der Waals surface area (Å²) in [4.78, 5) is 26.2. The van der Waals surface area contributed by atoms with Gasteiger partial charge in [0.25, 0.3) is 0 Å². The molecule has 3 atom stereocenters. The van der Waals surface area contributed by atoms with Crippen molar-refractivity contribution in [2.45, 2.75) is 70.6 Å². The second-order valence-electron chi connectivity index (χ2n) is 9.58. The summed E-state index contributed by atoms with van der Waals surface area (Å²) >= 11 is 0. The number of aryl methyl sites for hydroxylation is 1. The SMILES string of the molecule is CC(C)Oc1ccccc1N[C@H]1CC[C@@H](C(=O)N(CCCc2ccccc2)CC(=O)O)CC[C@@H]1O. The number of nitrogens with zero attached hydrogens (tertiary/aromatic N) is 1. The van der Waals surface area contributed by atoms with Crippen LogP contribution in [0.2, 0.25) is 0 Å². The summed E-state index contributed by atoms with van der Waals surface area (Å²) in [5.41, 5.74) is 1.99. The molecule has 0 aliphatic heterocycles. The molecule has 2 aromatic carbocycles. The maximum Gasteiger partial charge on any atom is 0.323 e. The molecule has 0 saturated heterocycles. The normalized spacial score (nSPS) is 20.2. The minimum Gasteiger partial charge on any atom is -0.489 e. The molecular weight excluding hydrogens is 444 g/mol. The lowest BCUT2D eigenvalue weighted by molar-refractivity contribution is -0.146. The van der Waals surface area contributed by atoms with Crippen LogP contribution in [0.1, 0.15) is 51.5 Å². The van der Waals surface area contributed by atoms with E-state index in [1.165, 1.54) is 10.5 Å². The van der Waals surface area contributed by atoms with Gasteiger partial charge in [-0.1, -0.05) is 42.5 Å². The molecule has 1 saturated carbocycles. The summed E-state index contributed by atoms with van der Waals surface area (Å²) in [5.74, 6) is -0.697. The second-order valence-corrected chi connectivity index (χ2v) is 9.58. The van der Waals surface area contributed by atoms with E-state index in [0.717, 1.165) is 17.9 Å². The quantitative estimate of drug-likeness (QED) is 0.412. The van der Waals surface area contributed by atoms with Gasteiger partial charge in [0.1, 0.15) is 12.3 Å². The number of amides is 1. The van der Waals surface area contributed by atoms with E-state index in [4.69, 9.17) is 4.74 Å². The molecule has 0 aromatic heterocycles. The Morgan fingerprint density at radius 2 is 1.71 bits per heavy atom. The number of aliphatic hydroxyl groups excluding tert-OH is 1. The Bertz CT molecular complexity index is 949. The predicted octanol–water partition coefficient (Wildman–Crippen LogP) is 4.35. The summed E-state index contributed by atoms with van der Waals surface area (Å²) in [7, 11) is 0. The number of benzene rings is 2. The lowest BCUT2D eigenvalue weighted by atomic mass is 9.98. The Hall–Kier alpha value is -3.06. The number of carboxylic acids is 1. The van der Waals surface area contributed by atoms with Gasteiger partial charge in [-0.25, -0.2) is 0 Å². The van der Waals surface area contributed by atoms with Crippen LogP contribution in [0.5, 0.6) is 5.75 Å². The minimum atomic E-state index is -1.01. The van der Waals surface area contributed by atoms with Crippen LogP contribution in [-0.2, 0) is 16.0 Å². The number of nitrogens with one attached hydrogen (secondary N) is 1. The predicted molar refractivity (Wildman–Crippen MR) is 137 cm³/mol. The van der Waals surface area contributed by atoms with Crippen LogP contribution in [0, 0.1) is 5.92 Å². The topological polar surface area (TPSA) is 99.1 Å². The van der Waals surface area contributed by atoms with Crippen molar-refractivity contribution >= 4 is 17.6 Å². The molecule has 0 spiro atoms. The smallest absolute Gasteiger partial charge is 0.323 e. The van der Waals surface area contributed by atoms with Gasteiger partial charge < -0.3 is 25.2 Å². The average Bonchev–Trinajstić information content (AvgIpc) is 3.01. The second kappa shape index (κ2) is 13.1. The lowest BCUT2D eigenvalue weighted by Gasteiger charge is -2.26. The summed E-state index contributed by atoms with van der Waals surface area (Å²) in [6.07, 6.45) is 3.14. The molecule has 0 unspecified atom stereocenters. The van der Waals surface area contributed by atoms with Crippen LogP contribution >= 0.6 is 0 Å². The molecule has 7 heteroatoms. The Morgan fingerprint density at radius 3 is 2.43 bits per heavy atom. The summed E-state index contributed by atoms with van der Waals surface area (Å²) in [6, 6.07) is 17.4. The minimum absolute atomic E-state index is 0.0288. The highest BCUT2D eigenvalue weighted by molar-refractivity contribution is 5.83. The van der Waals surface area contributed by atoms with Crippen molar-refractivity contribution < 1.29 is 24.5 Å². The van der Waals surface area contributed by atoms with E-state index in [1.807, 2.05) is 68.4 Å². The van der Waals surface area contributed by atoms with Crippen molar-refractivity contribution in [3.8, 4) is 5.75 Å². The Morgan fingerprint density at radius 1 is 1.03 bits per heavy atom. The maximum absolute atomic E-state index is 13.3. The first kappa shape index (κ1) is 26.5. The molecule has 1 aliphatic rings. The third-order valence-corrected chi connectivity index (χ3v) is 6.42. The fourth-order valence-electron chi connectivity index (χ4n) is 4.66. The van der Waals surface area contributed by atoms with Crippen LogP contribution in [0.15, 0.2) is 54.6 Å². The zero-order valence-electron chi connectivity index (χ0n) is 20.7. The number of para-hydroxylation sites is 2. The Kier molecular flexibility index (Phi) is 9.97. The number of rotatable bonds is 11. The van der Waals surface area contributed by atoms with Gasteiger partial charge in [-0.15, -0.1) is 0 Å². The number of anilines is 1. The molecule has 1 amide bonds. The van der Waals surface area contributed by atoms with E-state index < -0.39 is 12.1 Å². The molecule has 3 N–H and O–H groups in total. The number of carbonyl (C=O) groups is 2. The summed E-state index contributed by atoms with van der Waals surface area (Å²) in [6.45, 7) is 4.04. The van der Waals surface area contributed by atoms with Gasteiger partial charge in [-0.3, -0.25) is 9.59 Å². The molecule has 1 aliphatic carbocycles. The Labute approximate surface area is 208 Å². The highest BCUT2D eigenvalue weighted by Gasteiger charge is 2.32. The average molecular weight is 483 g/mol. The third-order valence-electron chi connectivity index (χ3n) is 6.42. The molecule has 1 fully saturated rings. The fourth-order valence-corrected chi connectivity index (χ4v) is 4.66.